The molecule has 0 saturated heterocycles. The maximum Gasteiger partial charge on any atom is 0.148 e. The molecule has 0 atom stereocenters. The van der Waals surface area contributed by atoms with Gasteiger partial charge in [0.25, 0.3) is 0 Å². The molecule has 0 aliphatic heterocycles. The SMILES string of the molecule is COc1c(C)ccc2cncnc12. The van der Waals surface area contributed by atoms with Gasteiger partial charge in [-0.05, 0) is 12.5 Å². The van der Waals surface area contributed by atoms with Gasteiger partial charge in [-0.3, -0.25) is 0 Å². The summed E-state index contributed by atoms with van der Waals surface area (Å²) in [6.07, 6.45) is 3.31. The molecule has 66 valence electrons. The van der Waals surface area contributed by atoms with Crippen molar-refractivity contribution in [1.82, 2.24) is 9.97 Å². The molecule has 0 radical (unpaired) electrons. The van der Waals surface area contributed by atoms with Gasteiger partial charge in [-0.15, -0.1) is 0 Å². The number of nitrogens with zero attached hydrogens (tertiary/aromatic N) is 2. The van der Waals surface area contributed by atoms with Gasteiger partial charge in [0.15, 0.2) is 0 Å². The molecule has 0 unspecified atom stereocenters. The minimum Gasteiger partial charge on any atom is -0.494 e. The average molecular weight is 174 g/mol. The summed E-state index contributed by atoms with van der Waals surface area (Å²) in [5.41, 5.74) is 1.96. The van der Waals surface area contributed by atoms with Crippen LogP contribution in [-0.2, 0) is 0 Å². The number of methoxy groups -OCH3 is 1. The van der Waals surface area contributed by atoms with E-state index in [4.69, 9.17) is 4.74 Å². The Balaban J connectivity index is 2.84. The summed E-state index contributed by atoms with van der Waals surface area (Å²) in [7, 11) is 1.66. The molecule has 0 spiro atoms. The lowest BCUT2D eigenvalue weighted by atomic mass is 10.1. The highest BCUT2D eigenvalue weighted by molar-refractivity contribution is 5.84. The molecular weight excluding hydrogens is 164 g/mol. The van der Waals surface area contributed by atoms with E-state index < -0.39 is 0 Å². The molecule has 0 N–H and O–H groups in total. The van der Waals surface area contributed by atoms with Gasteiger partial charge in [0.05, 0.1) is 7.11 Å². The number of aromatic nitrogens is 2. The van der Waals surface area contributed by atoms with Crippen LogP contribution in [-0.4, -0.2) is 17.1 Å². The second-order valence-corrected chi connectivity index (χ2v) is 2.88. The molecule has 0 fully saturated rings. The zero-order valence-electron chi connectivity index (χ0n) is 7.61. The van der Waals surface area contributed by atoms with E-state index >= 15 is 0 Å². The Morgan fingerprint density at radius 2 is 2.15 bits per heavy atom. The maximum atomic E-state index is 5.27. The standard InChI is InChI=1S/C10H10N2O/c1-7-3-4-8-5-11-6-12-9(8)10(7)13-2/h3-6H,1-2H3. The molecule has 3 nitrogen and oxygen atoms in total. The summed E-state index contributed by atoms with van der Waals surface area (Å²) in [4.78, 5) is 8.13. The third kappa shape index (κ3) is 1.22. The van der Waals surface area contributed by atoms with Gasteiger partial charge in [0.2, 0.25) is 0 Å². The molecule has 0 amide bonds. The topological polar surface area (TPSA) is 35.0 Å². The predicted octanol–water partition coefficient (Wildman–Crippen LogP) is 1.95. The second kappa shape index (κ2) is 3.01. The third-order valence-electron chi connectivity index (χ3n) is 2.03. The largest absolute Gasteiger partial charge is 0.494 e. The van der Waals surface area contributed by atoms with Gasteiger partial charge in [-0.25, -0.2) is 9.97 Å². The Bertz CT molecular complexity index is 440. The molecule has 0 bridgehead atoms. The summed E-state index contributed by atoms with van der Waals surface area (Å²) in [5, 5.41) is 1.00. The number of ether oxygens (including phenoxy) is 1. The first kappa shape index (κ1) is 7.98. The van der Waals surface area contributed by atoms with Crippen LogP contribution in [0.5, 0.6) is 5.75 Å². The van der Waals surface area contributed by atoms with E-state index in [9.17, 15) is 0 Å². The zero-order chi connectivity index (χ0) is 9.26. The second-order valence-electron chi connectivity index (χ2n) is 2.88. The smallest absolute Gasteiger partial charge is 0.148 e. The fourth-order valence-electron chi connectivity index (χ4n) is 1.39. The van der Waals surface area contributed by atoms with Crippen LogP contribution < -0.4 is 4.74 Å². The number of rotatable bonds is 1. The van der Waals surface area contributed by atoms with Crippen LogP contribution in [0.1, 0.15) is 5.56 Å². The van der Waals surface area contributed by atoms with Crippen LogP contribution in [0.25, 0.3) is 10.9 Å². The van der Waals surface area contributed by atoms with Crippen molar-refractivity contribution in [3.63, 3.8) is 0 Å². The highest BCUT2D eigenvalue weighted by Gasteiger charge is 2.04. The van der Waals surface area contributed by atoms with Gasteiger partial charge >= 0.3 is 0 Å². The molecule has 0 aliphatic rings. The van der Waals surface area contributed by atoms with Gasteiger partial charge in [0, 0.05) is 11.6 Å². The fraction of sp³-hybridized carbons (Fsp3) is 0.200. The number of benzene rings is 1. The average Bonchev–Trinajstić information content (AvgIpc) is 2.18. The highest BCUT2D eigenvalue weighted by atomic mass is 16.5. The van der Waals surface area contributed by atoms with Crippen LogP contribution in [0.3, 0.4) is 0 Å². The predicted molar refractivity (Wildman–Crippen MR) is 50.8 cm³/mol. The minimum absolute atomic E-state index is 0.833. The Morgan fingerprint density at radius 1 is 1.31 bits per heavy atom. The molecule has 1 heterocycles. The van der Waals surface area contributed by atoms with Gasteiger partial charge in [0.1, 0.15) is 17.6 Å². The van der Waals surface area contributed by atoms with Crippen molar-refractivity contribution < 1.29 is 4.74 Å². The monoisotopic (exact) mass is 174 g/mol. The van der Waals surface area contributed by atoms with Crippen LogP contribution >= 0.6 is 0 Å². The number of aryl methyl sites for hydroxylation is 1. The van der Waals surface area contributed by atoms with Crippen molar-refractivity contribution in [2.45, 2.75) is 6.92 Å². The molecule has 2 rings (SSSR count). The number of fused-ring (bicyclic) bond motifs is 1. The summed E-state index contributed by atoms with van der Waals surface area (Å²) < 4.78 is 5.27. The first-order valence-electron chi connectivity index (χ1n) is 4.06. The summed E-state index contributed by atoms with van der Waals surface area (Å²) in [6.45, 7) is 2.00. The van der Waals surface area contributed by atoms with E-state index in [-0.39, 0.29) is 0 Å². The lowest BCUT2D eigenvalue weighted by Gasteiger charge is -2.06. The summed E-state index contributed by atoms with van der Waals surface area (Å²) >= 11 is 0. The molecule has 1 aromatic carbocycles. The Kier molecular flexibility index (Phi) is 1.85. The van der Waals surface area contributed by atoms with Gasteiger partial charge in [-0.2, -0.15) is 0 Å². The lowest BCUT2D eigenvalue weighted by molar-refractivity contribution is 0.416. The molecule has 2 aromatic rings. The quantitative estimate of drug-likeness (QED) is 0.662. The fourth-order valence-corrected chi connectivity index (χ4v) is 1.39. The highest BCUT2D eigenvalue weighted by Crippen LogP contribution is 2.26. The number of hydrogen-bond acceptors (Lipinski definition) is 3. The normalized spacial score (nSPS) is 10.3. The summed E-state index contributed by atoms with van der Waals surface area (Å²) in [5.74, 6) is 0.833. The Hall–Kier alpha value is -1.64. The van der Waals surface area contributed by atoms with Gasteiger partial charge in [-0.1, -0.05) is 12.1 Å². The van der Waals surface area contributed by atoms with Crippen molar-refractivity contribution in [1.29, 1.82) is 0 Å². The van der Waals surface area contributed by atoms with Gasteiger partial charge < -0.3 is 4.74 Å². The first-order valence-corrected chi connectivity index (χ1v) is 4.06. The molecule has 13 heavy (non-hydrogen) atoms. The molecule has 3 heteroatoms. The minimum atomic E-state index is 0.833. The first-order chi connectivity index (χ1) is 6.33. The van der Waals surface area contributed by atoms with Crippen molar-refractivity contribution in [2.24, 2.45) is 0 Å². The zero-order valence-corrected chi connectivity index (χ0v) is 7.61. The van der Waals surface area contributed by atoms with E-state index in [1.165, 1.54) is 6.33 Å². The van der Waals surface area contributed by atoms with Crippen LogP contribution in [0.4, 0.5) is 0 Å². The third-order valence-corrected chi connectivity index (χ3v) is 2.03. The van der Waals surface area contributed by atoms with E-state index in [0.717, 1.165) is 22.2 Å². The van der Waals surface area contributed by atoms with Crippen molar-refractivity contribution >= 4 is 10.9 Å². The Morgan fingerprint density at radius 3 is 2.92 bits per heavy atom. The molecule has 0 saturated carbocycles. The van der Waals surface area contributed by atoms with Crippen molar-refractivity contribution in [3.8, 4) is 5.75 Å². The molecule has 1 aromatic heterocycles. The number of hydrogen-bond donors (Lipinski definition) is 0. The molecular formula is C10H10N2O. The lowest BCUT2D eigenvalue weighted by Crippen LogP contribution is -1.91. The molecule has 0 aliphatic carbocycles. The van der Waals surface area contributed by atoms with E-state index in [1.807, 2.05) is 19.1 Å². The Labute approximate surface area is 76.4 Å². The van der Waals surface area contributed by atoms with Crippen LogP contribution in [0.15, 0.2) is 24.7 Å². The van der Waals surface area contributed by atoms with Crippen LogP contribution in [0, 0.1) is 6.92 Å². The van der Waals surface area contributed by atoms with Crippen molar-refractivity contribution in [2.75, 3.05) is 7.11 Å². The maximum absolute atomic E-state index is 5.27. The summed E-state index contributed by atoms with van der Waals surface area (Å²) in [6, 6.07) is 4.00. The van der Waals surface area contributed by atoms with E-state index in [0.29, 0.717) is 0 Å². The van der Waals surface area contributed by atoms with Crippen molar-refractivity contribution in [3.05, 3.63) is 30.2 Å². The van der Waals surface area contributed by atoms with E-state index in [1.54, 1.807) is 13.3 Å². The van der Waals surface area contributed by atoms with E-state index in [2.05, 4.69) is 9.97 Å². The van der Waals surface area contributed by atoms with Crippen LogP contribution in [0.2, 0.25) is 0 Å².